The van der Waals surface area contributed by atoms with Gasteiger partial charge in [0.25, 0.3) is 0 Å². The Kier molecular flexibility index (Phi) is 8.46. The number of carbonyl (C=O) groups excluding carboxylic acids is 1. The van der Waals surface area contributed by atoms with Crippen LogP contribution in [0.1, 0.15) is 98.0 Å². The molecule has 1 saturated heterocycles. The summed E-state index contributed by atoms with van der Waals surface area (Å²) in [4.78, 5) is 16.1. The molecular weight excluding hydrogens is 434 g/mol. The number of benzene rings is 2. The lowest BCUT2D eigenvalue weighted by Crippen LogP contribution is -2.37. The molecule has 35 heavy (non-hydrogen) atoms. The number of unbranched alkanes of at least 4 members (excludes halogenated alkanes) is 1. The van der Waals surface area contributed by atoms with E-state index < -0.39 is 6.10 Å². The van der Waals surface area contributed by atoms with Crippen LogP contribution in [0.3, 0.4) is 0 Å². The van der Waals surface area contributed by atoms with E-state index in [9.17, 15) is 15.0 Å². The first-order valence-corrected chi connectivity index (χ1v) is 13.6. The summed E-state index contributed by atoms with van der Waals surface area (Å²) in [5, 5.41) is 20.7. The summed E-state index contributed by atoms with van der Waals surface area (Å²) in [7, 11) is 0. The van der Waals surface area contributed by atoms with Crippen molar-refractivity contribution in [2.24, 2.45) is 17.3 Å². The molecule has 1 heterocycles. The maximum Gasteiger partial charge on any atom is 0.167 e. The average Bonchev–Trinajstić information content (AvgIpc) is 3.19. The summed E-state index contributed by atoms with van der Waals surface area (Å²) in [6.45, 7) is 9.76. The molecule has 4 heteroatoms. The summed E-state index contributed by atoms with van der Waals surface area (Å²) in [6.07, 6.45) is 6.26. The van der Waals surface area contributed by atoms with Crippen molar-refractivity contribution in [1.82, 2.24) is 4.90 Å². The zero-order chi connectivity index (χ0) is 25.0. The Hall–Kier alpha value is -2.01. The summed E-state index contributed by atoms with van der Waals surface area (Å²) in [6, 6.07) is 14.6. The number of rotatable bonds is 10. The van der Waals surface area contributed by atoms with Crippen molar-refractivity contribution in [3.63, 3.8) is 0 Å². The van der Waals surface area contributed by atoms with E-state index in [0.717, 1.165) is 62.0 Å². The van der Waals surface area contributed by atoms with Crippen LogP contribution in [0.4, 0.5) is 0 Å². The second-order valence-corrected chi connectivity index (χ2v) is 11.5. The molecule has 0 aromatic heterocycles. The average molecular weight is 478 g/mol. The van der Waals surface area contributed by atoms with E-state index in [1.54, 1.807) is 0 Å². The molecule has 2 atom stereocenters. The van der Waals surface area contributed by atoms with Crippen LogP contribution in [0.5, 0.6) is 0 Å². The number of piperidine rings is 1. The molecule has 4 nitrogen and oxygen atoms in total. The first-order chi connectivity index (χ1) is 16.8. The molecule has 2 aliphatic rings. The maximum absolute atomic E-state index is 13.5. The van der Waals surface area contributed by atoms with E-state index in [2.05, 4.69) is 56.0 Å². The Morgan fingerprint density at radius 3 is 2.49 bits per heavy atom. The summed E-state index contributed by atoms with van der Waals surface area (Å²) < 4.78 is 0. The third-order valence-electron chi connectivity index (χ3n) is 8.45. The van der Waals surface area contributed by atoms with E-state index in [4.69, 9.17) is 0 Å². The van der Waals surface area contributed by atoms with Crippen molar-refractivity contribution in [2.45, 2.75) is 85.0 Å². The van der Waals surface area contributed by atoms with Crippen molar-refractivity contribution in [3.05, 3.63) is 70.3 Å². The number of fused-ring (bicyclic) bond motifs is 1. The van der Waals surface area contributed by atoms with Gasteiger partial charge in [-0.25, -0.2) is 0 Å². The van der Waals surface area contributed by atoms with Gasteiger partial charge in [-0.1, -0.05) is 70.0 Å². The molecule has 1 fully saturated rings. The minimum Gasteiger partial charge on any atom is -0.392 e. The van der Waals surface area contributed by atoms with E-state index in [1.165, 1.54) is 18.4 Å². The third kappa shape index (κ3) is 6.04. The molecule has 0 saturated carbocycles. The van der Waals surface area contributed by atoms with E-state index >= 15 is 0 Å². The third-order valence-corrected chi connectivity index (χ3v) is 8.45. The Morgan fingerprint density at radius 1 is 1.11 bits per heavy atom. The molecule has 0 bridgehead atoms. The van der Waals surface area contributed by atoms with E-state index in [0.29, 0.717) is 17.9 Å². The van der Waals surface area contributed by atoms with Gasteiger partial charge in [-0.3, -0.25) is 9.69 Å². The van der Waals surface area contributed by atoms with Gasteiger partial charge in [0.1, 0.15) is 0 Å². The number of carbonyl (C=O) groups is 1. The highest BCUT2D eigenvalue weighted by Crippen LogP contribution is 2.45. The van der Waals surface area contributed by atoms with E-state index in [-0.39, 0.29) is 23.7 Å². The molecule has 0 amide bonds. The molecule has 0 radical (unpaired) electrons. The van der Waals surface area contributed by atoms with Crippen LogP contribution in [0.2, 0.25) is 0 Å². The van der Waals surface area contributed by atoms with Gasteiger partial charge in [-0.05, 0) is 84.8 Å². The molecular formula is C31H43NO3. The number of likely N-dealkylation sites (tertiary alicyclic amines) is 1. The topological polar surface area (TPSA) is 60.8 Å². The lowest BCUT2D eigenvalue weighted by atomic mass is 9.69. The molecule has 4 rings (SSSR count). The fourth-order valence-corrected chi connectivity index (χ4v) is 6.31. The SMILES string of the molecule is CCCCC(O)c1cc2c(cc1CO)C(=O)C(C(C)(C)CC1CCN(Cc3ccccc3)CC1)C2. The molecule has 1 aliphatic heterocycles. The Morgan fingerprint density at radius 2 is 1.83 bits per heavy atom. The number of hydrogen-bond donors (Lipinski definition) is 2. The number of ketones is 1. The first kappa shape index (κ1) is 26.1. The molecule has 2 aromatic rings. The largest absolute Gasteiger partial charge is 0.392 e. The smallest absolute Gasteiger partial charge is 0.167 e. The van der Waals surface area contributed by atoms with Gasteiger partial charge < -0.3 is 10.2 Å². The molecule has 0 spiro atoms. The lowest BCUT2D eigenvalue weighted by molar-refractivity contribution is 0.0726. The Bertz CT molecular complexity index is 992. The van der Waals surface area contributed by atoms with Crippen LogP contribution in [-0.4, -0.2) is 34.0 Å². The number of nitrogens with zero attached hydrogens (tertiary/aromatic N) is 1. The van der Waals surface area contributed by atoms with Crippen molar-refractivity contribution in [3.8, 4) is 0 Å². The Labute approximate surface area is 211 Å². The summed E-state index contributed by atoms with van der Waals surface area (Å²) >= 11 is 0. The van der Waals surface area contributed by atoms with Gasteiger partial charge in [-0.15, -0.1) is 0 Å². The predicted molar refractivity (Wildman–Crippen MR) is 141 cm³/mol. The highest BCUT2D eigenvalue weighted by molar-refractivity contribution is 6.03. The highest BCUT2D eigenvalue weighted by atomic mass is 16.3. The second-order valence-electron chi connectivity index (χ2n) is 11.5. The number of hydrogen-bond acceptors (Lipinski definition) is 4. The van der Waals surface area contributed by atoms with Crippen molar-refractivity contribution < 1.29 is 15.0 Å². The standard InChI is InChI=1S/C31H43NO3/c1-4-5-11-29(34)26-16-24-18-28(30(35)27(24)17-25(26)21-33)31(2,3)19-22-12-14-32(15-13-22)20-23-9-7-6-8-10-23/h6-10,16-17,22,28-29,33-34H,4-5,11-15,18-21H2,1-3H3. The number of aliphatic hydroxyl groups excluding tert-OH is 2. The monoisotopic (exact) mass is 477 g/mol. The van der Waals surface area contributed by atoms with Crippen molar-refractivity contribution in [1.29, 1.82) is 0 Å². The predicted octanol–water partition coefficient (Wildman–Crippen LogP) is 6.09. The molecule has 2 aromatic carbocycles. The molecule has 190 valence electrons. The van der Waals surface area contributed by atoms with Gasteiger partial charge in [0.15, 0.2) is 5.78 Å². The maximum atomic E-state index is 13.5. The van der Waals surface area contributed by atoms with Crippen LogP contribution in [0, 0.1) is 17.3 Å². The molecule has 2 unspecified atom stereocenters. The second kappa shape index (κ2) is 11.4. The minimum atomic E-state index is -0.578. The van der Waals surface area contributed by atoms with Crippen LogP contribution in [-0.2, 0) is 19.6 Å². The van der Waals surface area contributed by atoms with Gasteiger partial charge in [0.2, 0.25) is 0 Å². The van der Waals surface area contributed by atoms with Gasteiger partial charge in [-0.2, -0.15) is 0 Å². The normalized spacial score (nSPS) is 20.3. The van der Waals surface area contributed by atoms with Crippen LogP contribution in [0.15, 0.2) is 42.5 Å². The van der Waals surface area contributed by atoms with Gasteiger partial charge >= 0.3 is 0 Å². The van der Waals surface area contributed by atoms with Gasteiger partial charge in [0, 0.05) is 18.0 Å². The summed E-state index contributed by atoms with van der Waals surface area (Å²) in [5.41, 5.74) is 4.61. The number of aliphatic hydroxyl groups is 2. The van der Waals surface area contributed by atoms with E-state index in [1.807, 2.05) is 12.1 Å². The van der Waals surface area contributed by atoms with Gasteiger partial charge in [0.05, 0.1) is 12.7 Å². The van der Waals surface area contributed by atoms with Crippen LogP contribution in [0.25, 0.3) is 0 Å². The fourth-order valence-electron chi connectivity index (χ4n) is 6.31. The molecule has 2 N–H and O–H groups in total. The quantitative estimate of drug-likeness (QED) is 0.435. The first-order valence-electron chi connectivity index (χ1n) is 13.6. The zero-order valence-corrected chi connectivity index (χ0v) is 21.8. The highest BCUT2D eigenvalue weighted by Gasteiger charge is 2.42. The fraction of sp³-hybridized carbons (Fsp3) is 0.581. The summed E-state index contributed by atoms with van der Waals surface area (Å²) in [5.74, 6) is 0.832. The van der Waals surface area contributed by atoms with Crippen molar-refractivity contribution >= 4 is 5.78 Å². The van der Waals surface area contributed by atoms with Crippen LogP contribution < -0.4 is 0 Å². The molecule has 1 aliphatic carbocycles. The lowest BCUT2D eigenvalue weighted by Gasteiger charge is -2.38. The zero-order valence-electron chi connectivity index (χ0n) is 21.8. The minimum absolute atomic E-state index is 0.0329. The number of Topliss-reactive ketones (excluding diaryl/α,β-unsaturated/α-hetero) is 1. The van der Waals surface area contributed by atoms with Crippen molar-refractivity contribution in [2.75, 3.05) is 13.1 Å². The van der Waals surface area contributed by atoms with Crippen LogP contribution >= 0.6 is 0 Å². The Balaban J connectivity index is 1.39.